The third-order valence-electron chi connectivity index (χ3n) is 1.60. The number of rotatable bonds is 3. The smallest absolute Gasteiger partial charge is 0.287 e. The molecule has 1 rings (SSSR count). The van der Waals surface area contributed by atoms with Crippen LogP contribution < -0.4 is 4.74 Å². The Morgan fingerprint density at radius 1 is 1.64 bits per heavy atom. The van der Waals surface area contributed by atoms with Gasteiger partial charge in [0.2, 0.25) is 0 Å². The lowest BCUT2D eigenvalue weighted by Crippen LogP contribution is -1.95. The summed E-state index contributed by atoms with van der Waals surface area (Å²) in [6.07, 6.45) is 0. The average Bonchev–Trinajstić information content (AvgIpc) is 2.17. The van der Waals surface area contributed by atoms with E-state index in [2.05, 4.69) is 0 Å². The molecule has 14 heavy (non-hydrogen) atoms. The molecule has 0 unspecified atom stereocenters. The van der Waals surface area contributed by atoms with Crippen molar-refractivity contribution in [3.05, 3.63) is 33.9 Å². The van der Waals surface area contributed by atoms with Crippen LogP contribution in [0.4, 0.5) is 5.69 Å². The largest absolute Gasteiger partial charge is 0.494 e. The van der Waals surface area contributed by atoms with Crippen LogP contribution in [0.2, 0.25) is 0 Å². The highest BCUT2D eigenvalue weighted by atomic mass is 16.6. The van der Waals surface area contributed by atoms with Crippen molar-refractivity contribution in [3.63, 3.8) is 0 Å². The Morgan fingerprint density at radius 2 is 2.36 bits per heavy atom. The topological polar surface area (TPSA) is 76.2 Å². The number of nitro groups is 1. The number of hydrogen-bond acceptors (Lipinski definition) is 4. The van der Waals surface area contributed by atoms with Crippen molar-refractivity contribution in [3.8, 4) is 11.8 Å². The van der Waals surface area contributed by atoms with Gasteiger partial charge in [-0.05, 0) is 13.0 Å². The van der Waals surface area contributed by atoms with E-state index in [0.29, 0.717) is 12.4 Å². The highest BCUT2D eigenvalue weighted by Crippen LogP contribution is 2.22. The van der Waals surface area contributed by atoms with E-state index >= 15 is 0 Å². The van der Waals surface area contributed by atoms with E-state index in [-0.39, 0.29) is 11.3 Å². The molecule has 72 valence electrons. The molecule has 0 aromatic heterocycles. The molecule has 0 radical (unpaired) electrons. The molecule has 0 aliphatic carbocycles. The van der Waals surface area contributed by atoms with Crippen LogP contribution in [-0.2, 0) is 0 Å². The van der Waals surface area contributed by atoms with Gasteiger partial charge in [-0.3, -0.25) is 10.1 Å². The lowest BCUT2D eigenvalue weighted by Gasteiger charge is -2.02. The van der Waals surface area contributed by atoms with Gasteiger partial charge in [0, 0.05) is 12.1 Å². The molecule has 0 saturated heterocycles. The maximum atomic E-state index is 10.5. The Labute approximate surface area is 80.7 Å². The van der Waals surface area contributed by atoms with Crippen LogP contribution >= 0.6 is 0 Å². The van der Waals surface area contributed by atoms with Crippen LogP contribution in [0.5, 0.6) is 5.75 Å². The Morgan fingerprint density at radius 3 is 2.86 bits per heavy atom. The van der Waals surface area contributed by atoms with E-state index in [1.807, 2.05) is 0 Å². The molecule has 0 heterocycles. The Balaban J connectivity index is 3.13. The monoisotopic (exact) mass is 192 g/mol. The van der Waals surface area contributed by atoms with Gasteiger partial charge in [0.15, 0.2) is 0 Å². The summed E-state index contributed by atoms with van der Waals surface area (Å²) >= 11 is 0. The van der Waals surface area contributed by atoms with E-state index in [0.717, 1.165) is 0 Å². The number of nitrogens with zero attached hydrogens (tertiary/aromatic N) is 2. The number of ether oxygens (including phenoxy) is 1. The van der Waals surface area contributed by atoms with Gasteiger partial charge in [0.25, 0.3) is 5.69 Å². The minimum Gasteiger partial charge on any atom is -0.494 e. The highest BCUT2D eigenvalue weighted by Gasteiger charge is 2.13. The Hall–Kier alpha value is -2.09. The second-order valence-electron chi connectivity index (χ2n) is 2.48. The lowest BCUT2D eigenvalue weighted by molar-refractivity contribution is -0.385. The van der Waals surface area contributed by atoms with E-state index in [9.17, 15) is 10.1 Å². The van der Waals surface area contributed by atoms with E-state index in [4.69, 9.17) is 10.00 Å². The summed E-state index contributed by atoms with van der Waals surface area (Å²) in [4.78, 5) is 9.87. The zero-order valence-electron chi connectivity index (χ0n) is 7.56. The van der Waals surface area contributed by atoms with Crippen LogP contribution in [0.25, 0.3) is 0 Å². The van der Waals surface area contributed by atoms with Crippen molar-refractivity contribution in [1.82, 2.24) is 0 Å². The fourth-order valence-corrected chi connectivity index (χ4v) is 1.02. The van der Waals surface area contributed by atoms with Gasteiger partial charge < -0.3 is 4.74 Å². The van der Waals surface area contributed by atoms with Crippen molar-refractivity contribution >= 4 is 5.69 Å². The molecule has 0 fully saturated rings. The summed E-state index contributed by atoms with van der Waals surface area (Å²) < 4.78 is 5.11. The van der Waals surface area contributed by atoms with Crippen LogP contribution in [0.15, 0.2) is 18.2 Å². The first kappa shape index (κ1) is 9.99. The molecule has 0 spiro atoms. The number of nitriles is 1. The molecule has 5 nitrogen and oxygen atoms in total. The normalized spacial score (nSPS) is 9.14. The summed E-state index contributed by atoms with van der Waals surface area (Å²) in [5.41, 5.74) is -0.183. The molecular weight excluding hydrogens is 184 g/mol. The molecule has 0 bridgehead atoms. The first-order chi connectivity index (χ1) is 6.69. The predicted octanol–water partition coefficient (Wildman–Crippen LogP) is 1.87. The van der Waals surface area contributed by atoms with Crippen molar-refractivity contribution < 1.29 is 9.66 Å². The minimum absolute atomic E-state index is 0.0148. The van der Waals surface area contributed by atoms with Gasteiger partial charge in [0.05, 0.1) is 11.5 Å². The predicted molar refractivity (Wildman–Crippen MR) is 49.0 cm³/mol. The van der Waals surface area contributed by atoms with Crippen LogP contribution in [-0.4, -0.2) is 11.5 Å². The maximum absolute atomic E-state index is 10.5. The summed E-state index contributed by atoms with van der Waals surface area (Å²) in [6.45, 7) is 2.26. The molecule has 0 N–H and O–H groups in total. The Kier molecular flexibility index (Phi) is 3.02. The average molecular weight is 192 g/mol. The van der Waals surface area contributed by atoms with Crippen molar-refractivity contribution in [1.29, 1.82) is 5.26 Å². The van der Waals surface area contributed by atoms with Gasteiger partial charge in [-0.2, -0.15) is 5.26 Å². The van der Waals surface area contributed by atoms with E-state index in [1.165, 1.54) is 18.2 Å². The van der Waals surface area contributed by atoms with Gasteiger partial charge in [0.1, 0.15) is 17.4 Å². The van der Waals surface area contributed by atoms with Crippen LogP contribution in [0.1, 0.15) is 12.5 Å². The third kappa shape index (κ3) is 1.98. The number of nitro benzene ring substituents is 1. The highest BCUT2D eigenvalue weighted by molar-refractivity contribution is 5.52. The summed E-state index contributed by atoms with van der Waals surface area (Å²) in [5, 5.41) is 19.1. The second-order valence-corrected chi connectivity index (χ2v) is 2.48. The molecule has 0 amide bonds. The molecule has 0 atom stereocenters. The molecule has 0 aliphatic rings. The fourth-order valence-electron chi connectivity index (χ4n) is 1.02. The quantitative estimate of drug-likeness (QED) is 0.541. The first-order valence-electron chi connectivity index (χ1n) is 4.00. The summed E-state index contributed by atoms with van der Waals surface area (Å²) in [6, 6.07) is 5.86. The third-order valence-corrected chi connectivity index (χ3v) is 1.60. The molecule has 5 heteroatoms. The molecule has 1 aromatic carbocycles. The van der Waals surface area contributed by atoms with Gasteiger partial charge in [-0.25, -0.2) is 0 Å². The zero-order chi connectivity index (χ0) is 10.6. The standard InChI is InChI=1S/C9H8N2O3/c1-2-14-8-3-4-9(11(12)13)7(5-8)6-10/h3-5H,2H2,1H3. The molecule has 0 saturated carbocycles. The van der Waals surface area contributed by atoms with E-state index in [1.54, 1.807) is 13.0 Å². The van der Waals surface area contributed by atoms with Crippen LogP contribution in [0, 0.1) is 21.4 Å². The first-order valence-corrected chi connectivity index (χ1v) is 4.00. The van der Waals surface area contributed by atoms with Crippen molar-refractivity contribution in [2.24, 2.45) is 0 Å². The van der Waals surface area contributed by atoms with Gasteiger partial charge >= 0.3 is 0 Å². The summed E-state index contributed by atoms with van der Waals surface area (Å²) in [5.74, 6) is 0.467. The maximum Gasteiger partial charge on any atom is 0.287 e. The Bertz CT molecular complexity index is 396. The van der Waals surface area contributed by atoms with Gasteiger partial charge in [-0.15, -0.1) is 0 Å². The molecule has 1 aromatic rings. The van der Waals surface area contributed by atoms with Crippen molar-refractivity contribution in [2.75, 3.05) is 6.61 Å². The molecular formula is C9H8N2O3. The fraction of sp³-hybridized carbons (Fsp3) is 0.222. The number of hydrogen-bond donors (Lipinski definition) is 0. The lowest BCUT2D eigenvalue weighted by atomic mass is 10.2. The second kappa shape index (κ2) is 4.23. The van der Waals surface area contributed by atoms with Gasteiger partial charge in [-0.1, -0.05) is 0 Å². The number of benzene rings is 1. The van der Waals surface area contributed by atoms with E-state index < -0.39 is 4.92 Å². The summed E-state index contributed by atoms with van der Waals surface area (Å²) in [7, 11) is 0. The minimum atomic E-state index is -0.589. The SMILES string of the molecule is CCOc1ccc([N+](=O)[O-])c(C#N)c1. The molecule has 0 aliphatic heterocycles. The van der Waals surface area contributed by atoms with Crippen molar-refractivity contribution in [2.45, 2.75) is 6.92 Å². The zero-order valence-corrected chi connectivity index (χ0v) is 7.56. The van der Waals surface area contributed by atoms with Crippen LogP contribution in [0.3, 0.4) is 0 Å².